The van der Waals surface area contributed by atoms with Crippen LogP contribution in [0.4, 0.5) is 0 Å². The summed E-state index contributed by atoms with van der Waals surface area (Å²) in [5.41, 5.74) is 1.92. The van der Waals surface area contributed by atoms with Crippen LogP contribution >= 0.6 is 0 Å². The van der Waals surface area contributed by atoms with Gasteiger partial charge in [0.2, 0.25) is 0 Å². The molecule has 1 atom stereocenters. The van der Waals surface area contributed by atoms with E-state index in [0.29, 0.717) is 18.6 Å². The quantitative estimate of drug-likeness (QED) is 0.577. The third kappa shape index (κ3) is 4.43. The third-order valence-electron chi connectivity index (χ3n) is 3.71. The number of carboxylic acids is 1. The first-order valence-corrected chi connectivity index (χ1v) is 7.48. The van der Waals surface area contributed by atoms with Crippen molar-refractivity contribution in [1.82, 2.24) is 9.55 Å². The number of carbonyl (C=O) groups is 1. The second-order valence-corrected chi connectivity index (χ2v) is 5.25. The molecule has 122 valence electrons. The lowest BCUT2D eigenvalue weighted by molar-refractivity contribution is -0.137. The van der Waals surface area contributed by atoms with E-state index in [0.717, 1.165) is 11.1 Å². The van der Waals surface area contributed by atoms with Gasteiger partial charge in [-0.3, -0.25) is 4.79 Å². The van der Waals surface area contributed by atoms with E-state index in [1.165, 1.54) is 0 Å². The first-order valence-electron chi connectivity index (χ1n) is 7.48. The molecule has 0 aliphatic rings. The number of hydrogen-bond donors (Lipinski definition) is 2. The van der Waals surface area contributed by atoms with Crippen LogP contribution in [0.2, 0.25) is 0 Å². The maximum Gasteiger partial charge on any atom is 0.303 e. The molecule has 0 radical (unpaired) electrons. The van der Waals surface area contributed by atoms with E-state index in [2.05, 4.69) is 4.98 Å². The van der Waals surface area contributed by atoms with Crippen molar-refractivity contribution < 1.29 is 14.7 Å². The molecule has 0 bridgehead atoms. The average Bonchev–Trinajstić information content (AvgIpc) is 3.08. The maximum absolute atomic E-state index is 10.7. The van der Waals surface area contributed by atoms with Crippen molar-refractivity contribution in [3.63, 3.8) is 0 Å². The molecule has 2 rings (SSSR count). The second kappa shape index (κ2) is 8.14. The number of nitrogens with two attached hydrogens (primary N) is 1. The normalized spacial score (nSPS) is 13.3. The highest BCUT2D eigenvalue weighted by Gasteiger charge is 2.19. The first-order chi connectivity index (χ1) is 11.1. The Hall–Kier alpha value is -2.60. The number of rotatable bonds is 8. The van der Waals surface area contributed by atoms with E-state index >= 15 is 0 Å². The Morgan fingerprint density at radius 3 is 2.65 bits per heavy atom. The zero-order valence-corrected chi connectivity index (χ0v) is 13.1. The van der Waals surface area contributed by atoms with E-state index in [9.17, 15) is 4.79 Å². The summed E-state index contributed by atoms with van der Waals surface area (Å²) < 4.78 is 1.96. The minimum atomic E-state index is -0.828. The van der Waals surface area contributed by atoms with Crippen LogP contribution in [0, 0.1) is 0 Å². The predicted octanol–water partition coefficient (Wildman–Crippen LogP) is 3.00. The largest absolute Gasteiger partial charge is 0.481 e. The van der Waals surface area contributed by atoms with Crippen molar-refractivity contribution in [3.8, 4) is 0 Å². The second-order valence-electron chi connectivity index (χ2n) is 5.25. The molecule has 0 aliphatic carbocycles. The van der Waals surface area contributed by atoms with Gasteiger partial charge in [-0.25, -0.2) is 4.98 Å². The number of hydrogen-bond acceptors (Lipinski definition) is 4. The van der Waals surface area contributed by atoms with Gasteiger partial charge in [0.05, 0.1) is 12.4 Å². The van der Waals surface area contributed by atoms with Crippen molar-refractivity contribution in [1.29, 1.82) is 0 Å². The molecule has 0 aliphatic heterocycles. The van der Waals surface area contributed by atoms with Crippen molar-refractivity contribution in [2.45, 2.75) is 32.2 Å². The molecule has 0 fully saturated rings. The summed E-state index contributed by atoms with van der Waals surface area (Å²) in [6.07, 6.45) is 6.33. The zero-order chi connectivity index (χ0) is 16.7. The van der Waals surface area contributed by atoms with Crippen LogP contribution in [-0.2, 0) is 9.63 Å². The van der Waals surface area contributed by atoms with Crippen LogP contribution < -0.4 is 5.90 Å². The highest BCUT2D eigenvalue weighted by molar-refractivity contribution is 5.70. The first kappa shape index (κ1) is 16.8. The Bertz CT molecular complexity index is 651. The van der Waals surface area contributed by atoms with Gasteiger partial charge in [0, 0.05) is 30.8 Å². The van der Waals surface area contributed by atoms with Gasteiger partial charge in [0.1, 0.15) is 5.76 Å². The van der Waals surface area contributed by atoms with Crippen molar-refractivity contribution in [2.24, 2.45) is 5.90 Å². The van der Waals surface area contributed by atoms with Gasteiger partial charge in [-0.15, -0.1) is 0 Å². The standard InChI is InChI=1S/C17H21N3O3/c1-13(20-11-10-19-12-20)17(14-6-3-2-4-7-14)15(23-18)8-5-9-16(21)22/h2-4,6-7,10-13H,5,8-9,18H2,1H3,(H,21,22). The fourth-order valence-electron chi connectivity index (χ4n) is 2.56. The maximum atomic E-state index is 10.7. The number of allylic oxidation sites excluding steroid dienone is 2. The Morgan fingerprint density at radius 2 is 2.09 bits per heavy atom. The molecule has 6 nitrogen and oxygen atoms in total. The molecular formula is C17H21N3O3. The number of imidazole rings is 1. The molecule has 0 spiro atoms. The lowest BCUT2D eigenvalue weighted by atomic mass is 9.96. The molecule has 1 aromatic heterocycles. The lowest BCUT2D eigenvalue weighted by Crippen LogP contribution is -2.12. The predicted molar refractivity (Wildman–Crippen MR) is 87.1 cm³/mol. The Morgan fingerprint density at radius 1 is 1.35 bits per heavy atom. The molecule has 0 saturated heterocycles. The fraction of sp³-hybridized carbons (Fsp3) is 0.294. The summed E-state index contributed by atoms with van der Waals surface area (Å²) in [6.45, 7) is 2.03. The van der Waals surface area contributed by atoms with Crippen molar-refractivity contribution >= 4 is 11.5 Å². The summed E-state index contributed by atoms with van der Waals surface area (Å²) in [4.78, 5) is 19.9. The fourth-order valence-corrected chi connectivity index (χ4v) is 2.56. The minimum Gasteiger partial charge on any atom is -0.481 e. The van der Waals surface area contributed by atoms with E-state index in [1.54, 1.807) is 12.5 Å². The summed E-state index contributed by atoms with van der Waals surface area (Å²) in [5.74, 6) is 5.26. The highest BCUT2D eigenvalue weighted by Crippen LogP contribution is 2.32. The minimum absolute atomic E-state index is 0.0386. The zero-order valence-electron chi connectivity index (χ0n) is 13.1. The Balaban J connectivity index is 2.38. The molecule has 1 aromatic carbocycles. The number of benzene rings is 1. The lowest BCUT2D eigenvalue weighted by Gasteiger charge is -2.21. The van der Waals surface area contributed by atoms with E-state index in [1.807, 2.05) is 48.0 Å². The van der Waals surface area contributed by atoms with Gasteiger partial charge >= 0.3 is 5.97 Å². The molecular weight excluding hydrogens is 294 g/mol. The van der Waals surface area contributed by atoms with Crippen molar-refractivity contribution in [2.75, 3.05) is 0 Å². The number of nitrogens with zero attached hydrogens (tertiary/aromatic N) is 2. The summed E-state index contributed by atoms with van der Waals surface area (Å²) in [5, 5.41) is 8.81. The van der Waals surface area contributed by atoms with Gasteiger partial charge in [-0.1, -0.05) is 30.3 Å². The molecule has 6 heteroatoms. The number of carboxylic acid groups (broad SMARTS) is 1. The third-order valence-corrected chi connectivity index (χ3v) is 3.71. The van der Waals surface area contributed by atoms with E-state index in [4.69, 9.17) is 15.8 Å². The van der Waals surface area contributed by atoms with Gasteiger partial charge in [0.15, 0.2) is 0 Å². The molecule has 2 aromatic rings. The molecule has 23 heavy (non-hydrogen) atoms. The average molecular weight is 315 g/mol. The van der Waals surface area contributed by atoms with Crippen molar-refractivity contribution in [3.05, 3.63) is 60.4 Å². The van der Waals surface area contributed by atoms with Gasteiger partial charge in [-0.2, -0.15) is 5.90 Å². The molecule has 1 heterocycles. The van der Waals surface area contributed by atoms with E-state index in [-0.39, 0.29) is 12.5 Å². The molecule has 0 amide bonds. The highest BCUT2D eigenvalue weighted by atomic mass is 16.6. The summed E-state index contributed by atoms with van der Waals surface area (Å²) in [7, 11) is 0. The molecule has 0 saturated carbocycles. The van der Waals surface area contributed by atoms with Gasteiger partial charge < -0.3 is 14.5 Å². The van der Waals surface area contributed by atoms with Crippen LogP contribution in [0.25, 0.3) is 5.57 Å². The van der Waals surface area contributed by atoms with Crippen LogP contribution in [0.5, 0.6) is 0 Å². The van der Waals surface area contributed by atoms with Crippen LogP contribution in [0.1, 0.15) is 37.8 Å². The topological polar surface area (TPSA) is 90.4 Å². The smallest absolute Gasteiger partial charge is 0.303 e. The SMILES string of the molecule is CC(C(=C(CCCC(=O)O)ON)c1ccccc1)n1ccnc1. The van der Waals surface area contributed by atoms with Crippen LogP contribution in [-0.4, -0.2) is 20.6 Å². The number of aliphatic carboxylic acids is 1. The van der Waals surface area contributed by atoms with Crippen LogP contribution in [0.15, 0.2) is 54.8 Å². The molecule has 3 N–H and O–H groups in total. The monoisotopic (exact) mass is 315 g/mol. The molecule has 1 unspecified atom stereocenters. The van der Waals surface area contributed by atoms with Gasteiger partial charge in [0.25, 0.3) is 0 Å². The van der Waals surface area contributed by atoms with E-state index < -0.39 is 5.97 Å². The Labute approximate surface area is 135 Å². The summed E-state index contributed by atoms with van der Waals surface area (Å²) >= 11 is 0. The van der Waals surface area contributed by atoms with Gasteiger partial charge in [-0.05, 0) is 18.9 Å². The van der Waals surface area contributed by atoms with Crippen LogP contribution in [0.3, 0.4) is 0 Å². The summed E-state index contributed by atoms with van der Waals surface area (Å²) in [6, 6.07) is 9.76. The number of aromatic nitrogens is 2. The Kier molecular flexibility index (Phi) is 5.94.